The van der Waals surface area contributed by atoms with E-state index in [1.54, 1.807) is 0 Å². The maximum absolute atomic E-state index is 3.68. The van der Waals surface area contributed by atoms with Crippen molar-refractivity contribution in [2.45, 2.75) is 76.8 Å². The topological polar surface area (TPSA) is 15.3 Å². The fraction of sp³-hybridized carbons (Fsp3) is 1.00. The number of nitrogens with one attached hydrogen (secondary N) is 1. The van der Waals surface area contributed by atoms with E-state index in [4.69, 9.17) is 0 Å². The third-order valence-corrected chi connectivity index (χ3v) is 4.87. The van der Waals surface area contributed by atoms with Crippen LogP contribution in [0.25, 0.3) is 0 Å². The Hall–Kier alpha value is -0.0800. The van der Waals surface area contributed by atoms with Gasteiger partial charge in [0.15, 0.2) is 0 Å². The SMILES string of the molecule is CCCNC1CCN(C2(C)CCCCC2)CC1. The first-order valence-corrected chi connectivity index (χ1v) is 7.73. The molecule has 2 nitrogen and oxygen atoms in total. The Labute approximate surface area is 107 Å². The van der Waals surface area contributed by atoms with Gasteiger partial charge in [-0.05, 0) is 45.6 Å². The maximum atomic E-state index is 3.68. The molecule has 0 atom stereocenters. The molecule has 0 bridgehead atoms. The molecule has 100 valence electrons. The molecule has 0 aromatic carbocycles. The number of hydrogen-bond acceptors (Lipinski definition) is 2. The van der Waals surface area contributed by atoms with E-state index in [9.17, 15) is 0 Å². The smallest absolute Gasteiger partial charge is 0.0181 e. The minimum atomic E-state index is 0.536. The summed E-state index contributed by atoms with van der Waals surface area (Å²) in [5.41, 5.74) is 0.536. The van der Waals surface area contributed by atoms with Gasteiger partial charge in [0.25, 0.3) is 0 Å². The van der Waals surface area contributed by atoms with Crippen LogP contribution in [0, 0.1) is 0 Å². The second-order valence-electron chi connectivity index (χ2n) is 6.27. The fourth-order valence-corrected chi connectivity index (χ4v) is 3.60. The molecule has 0 amide bonds. The highest BCUT2D eigenvalue weighted by Gasteiger charge is 2.35. The lowest BCUT2D eigenvalue weighted by Crippen LogP contribution is -2.53. The molecule has 1 saturated heterocycles. The molecule has 0 unspecified atom stereocenters. The molecule has 2 fully saturated rings. The Bertz CT molecular complexity index is 213. The summed E-state index contributed by atoms with van der Waals surface area (Å²) < 4.78 is 0. The predicted octanol–water partition coefficient (Wildman–Crippen LogP) is 3.17. The van der Waals surface area contributed by atoms with Crippen molar-refractivity contribution in [3.63, 3.8) is 0 Å². The largest absolute Gasteiger partial charge is 0.314 e. The highest BCUT2D eigenvalue weighted by molar-refractivity contribution is 4.92. The van der Waals surface area contributed by atoms with Crippen LogP contribution in [0.4, 0.5) is 0 Å². The summed E-state index contributed by atoms with van der Waals surface area (Å²) >= 11 is 0. The quantitative estimate of drug-likeness (QED) is 0.809. The predicted molar refractivity (Wildman–Crippen MR) is 74.4 cm³/mol. The van der Waals surface area contributed by atoms with Gasteiger partial charge in [0.2, 0.25) is 0 Å². The van der Waals surface area contributed by atoms with Crippen LogP contribution in [0.3, 0.4) is 0 Å². The number of hydrogen-bond donors (Lipinski definition) is 1. The number of nitrogens with zero attached hydrogens (tertiary/aromatic N) is 1. The summed E-state index contributed by atoms with van der Waals surface area (Å²) in [6.07, 6.45) is 11.2. The molecular formula is C15H30N2. The molecular weight excluding hydrogens is 208 g/mol. The van der Waals surface area contributed by atoms with Crippen molar-refractivity contribution in [1.29, 1.82) is 0 Å². The Balaban J connectivity index is 1.77. The highest BCUT2D eigenvalue weighted by Crippen LogP contribution is 2.34. The van der Waals surface area contributed by atoms with Crippen molar-refractivity contribution >= 4 is 0 Å². The molecule has 2 rings (SSSR count). The van der Waals surface area contributed by atoms with Crippen molar-refractivity contribution in [2.24, 2.45) is 0 Å². The first-order chi connectivity index (χ1) is 8.24. The minimum Gasteiger partial charge on any atom is -0.314 e. The molecule has 2 aliphatic rings. The van der Waals surface area contributed by atoms with Gasteiger partial charge in [-0.25, -0.2) is 0 Å². The normalized spacial score (nSPS) is 27.2. The Morgan fingerprint density at radius 1 is 1.12 bits per heavy atom. The van der Waals surface area contributed by atoms with Crippen LogP contribution in [0.15, 0.2) is 0 Å². The maximum Gasteiger partial charge on any atom is 0.0181 e. The lowest BCUT2D eigenvalue weighted by Gasteiger charge is -2.47. The number of piperidine rings is 1. The van der Waals surface area contributed by atoms with E-state index in [-0.39, 0.29) is 0 Å². The number of rotatable bonds is 4. The molecule has 1 aliphatic carbocycles. The van der Waals surface area contributed by atoms with Gasteiger partial charge in [0.1, 0.15) is 0 Å². The Morgan fingerprint density at radius 3 is 2.35 bits per heavy atom. The van der Waals surface area contributed by atoms with E-state index < -0.39 is 0 Å². The first kappa shape index (κ1) is 13.4. The van der Waals surface area contributed by atoms with Crippen molar-refractivity contribution in [3.05, 3.63) is 0 Å². The standard InChI is InChI=1S/C15H30N2/c1-3-11-16-14-7-12-17(13-8-14)15(2)9-5-4-6-10-15/h14,16H,3-13H2,1-2H3. The van der Waals surface area contributed by atoms with Crippen LogP contribution in [0.2, 0.25) is 0 Å². The summed E-state index contributed by atoms with van der Waals surface area (Å²) in [5, 5.41) is 3.68. The zero-order valence-electron chi connectivity index (χ0n) is 11.8. The molecule has 1 aliphatic heterocycles. The molecule has 2 heteroatoms. The summed E-state index contributed by atoms with van der Waals surface area (Å²) in [6, 6.07) is 0.790. The van der Waals surface area contributed by atoms with Crippen molar-refractivity contribution < 1.29 is 0 Å². The zero-order valence-corrected chi connectivity index (χ0v) is 11.8. The van der Waals surface area contributed by atoms with E-state index in [2.05, 4.69) is 24.1 Å². The van der Waals surface area contributed by atoms with Gasteiger partial charge in [-0.2, -0.15) is 0 Å². The van der Waals surface area contributed by atoms with Crippen LogP contribution in [-0.4, -0.2) is 36.1 Å². The minimum absolute atomic E-state index is 0.536. The molecule has 1 heterocycles. The van der Waals surface area contributed by atoms with Crippen molar-refractivity contribution in [1.82, 2.24) is 10.2 Å². The fourth-order valence-electron chi connectivity index (χ4n) is 3.60. The lowest BCUT2D eigenvalue weighted by molar-refractivity contribution is 0.0402. The summed E-state index contributed by atoms with van der Waals surface area (Å²) in [7, 11) is 0. The van der Waals surface area contributed by atoms with Crippen molar-refractivity contribution in [2.75, 3.05) is 19.6 Å². The molecule has 0 aromatic heterocycles. The van der Waals surface area contributed by atoms with Gasteiger partial charge in [0.05, 0.1) is 0 Å². The second-order valence-corrected chi connectivity index (χ2v) is 6.27. The molecule has 17 heavy (non-hydrogen) atoms. The average molecular weight is 238 g/mol. The number of likely N-dealkylation sites (tertiary alicyclic amines) is 1. The van der Waals surface area contributed by atoms with Crippen LogP contribution < -0.4 is 5.32 Å². The van der Waals surface area contributed by atoms with Gasteiger partial charge >= 0.3 is 0 Å². The van der Waals surface area contributed by atoms with Crippen molar-refractivity contribution in [3.8, 4) is 0 Å². The van der Waals surface area contributed by atoms with Gasteiger partial charge in [0, 0.05) is 24.7 Å². The van der Waals surface area contributed by atoms with E-state index >= 15 is 0 Å². The molecule has 0 spiro atoms. The Morgan fingerprint density at radius 2 is 1.76 bits per heavy atom. The molecule has 0 aromatic rings. The molecule has 1 saturated carbocycles. The highest BCUT2D eigenvalue weighted by atomic mass is 15.2. The van der Waals surface area contributed by atoms with E-state index in [1.807, 2.05) is 0 Å². The van der Waals surface area contributed by atoms with E-state index in [0.29, 0.717) is 5.54 Å². The molecule has 1 N–H and O–H groups in total. The zero-order chi connectivity index (χ0) is 12.1. The molecule has 0 radical (unpaired) electrons. The van der Waals surface area contributed by atoms with Crippen LogP contribution >= 0.6 is 0 Å². The van der Waals surface area contributed by atoms with Crippen LogP contribution in [0.5, 0.6) is 0 Å². The Kier molecular flexibility index (Phi) is 4.87. The lowest BCUT2D eigenvalue weighted by atomic mass is 9.80. The van der Waals surface area contributed by atoms with Crippen LogP contribution in [0.1, 0.15) is 65.2 Å². The summed E-state index contributed by atoms with van der Waals surface area (Å²) in [4.78, 5) is 2.79. The van der Waals surface area contributed by atoms with Gasteiger partial charge in [-0.1, -0.05) is 26.2 Å². The van der Waals surface area contributed by atoms with Gasteiger partial charge in [-0.3, -0.25) is 4.90 Å². The first-order valence-electron chi connectivity index (χ1n) is 7.73. The average Bonchev–Trinajstić information content (AvgIpc) is 2.38. The van der Waals surface area contributed by atoms with Gasteiger partial charge in [-0.15, -0.1) is 0 Å². The second kappa shape index (κ2) is 6.19. The summed E-state index contributed by atoms with van der Waals surface area (Å²) in [5.74, 6) is 0. The van der Waals surface area contributed by atoms with Crippen LogP contribution in [-0.2, 0) is 0 Å². The monoisotopic (exact) mass is 238 g/mol. The van der Waals surface area contributed by atoms with E-state index in [1.165, 1.54) is 71.0 Å². The summed E-state index contributed by atoms with van der Waals surface area (Å²) in [6.45, 7) is 8.59. The third-order valence-electron chi connectivity index (χ3n) is 4.87. The van der Waals surface area contributed by atoms with Gasteiger partial charge < -0.3 is 5.32 Å². The third kappa shape index (κ3) is 3.45. The van der Waals surface area contributed by atoms with E-state index in [0.717, 1.165) is 6.04 Å².